The zero-order valence-corrected chi connectivity index (χ0v) is 12.8. The molecule has 0 saturated carbocycles. The molecular weight excluding hydrogens is 252 g/mol. The maximum Gasteiger partial charge on any atom is 0.241 e. The molecule has 2 atom stereocenters. The van der Waals surface area contributed by atoms with Gasteiger partial charge in [0.1, 0.15) is 0 Å². The number of benzene rings is 1. The molecule has 0 aliphatic heterocycles. The molecule has 1 aromatic rings. The van der Waals surface area contributed by atoms with Gasteiger partial charge in [0.25, 0.3) is 0 Å². The van der Waals surface area contributed by atoms with Gasteiger partial charge < -0.3 is 15.8 Å². The fraction of sp³-hybridized carbons (Fsp3) is 0.562. The normalized spacial score (nSPS) is 14.1. The molecule has 3 N–H and O–H groups in total. The number of anilines is 1. The van der Waals surface area contributed by atoms with E-state index in [1.807, 2.05) is 52.0 Å². The molecule has 0 saturated heterocycles. The number of ether oxygens (including phenoxy) is 1. The van der Waals surface area contributed by atoms with Crippen LogP contribution in [0.3, 0.4) is 0 Å². The number of carbonyl (C=O) groups excluding carboxylic acids is 1. The predicted octanol–water partition coefficient (Wildman–Crippen LogP) is 2.92. The van der Waals surface area contributed by atoms with Gasteiger partial charge in [-0.1, -0.05) is 32.4 Å². The molecule has 4 nitrogen and oxygen atoms in total. The van der Waals surface area contributed by atoms with Crippen LogP contribution in [-0.4, -0.2) is 18.1 Å². The summed E-state index contributed by atoms with van der Waals surface area (Å²) in [4.78, 5) is 12.0. The fourth-order valence-corrected chi connectivity index (χ4v) is 1.74. The third kappa shape index (κ3) is 5.31. The summed E-state index contributed by atoms with van der Waals surface area (Å²) in [6.07, 6.45) is 1.07. The van der Waals surface area contributed by atoms with E-state index in [1.165, 1.54) is 0 Å². The van der Waals surface area contributed by atoms with Crippen molar-refractivity contribution in [1.29, 1.82) is 0 Å². The number of nitrogens with one attached hydrogen (secondary N) is 1. The van der Waals surface area contributed by atoms with Crippen LogP contribution < -0.4 is 11.1 Å². The van der Waals surface area contributed by atoms with Gasteiger partial charge in [0.05, 0.1) is 18.8 Å². The summed E-state index contributed by atoms with van der Waals surface area (Å²) in [5, 5.41) is 2.87. The van der Waals surface area contributed by atoms with Crippen LogP contribution in [-0.2, 0) is 16.1 Å². The van der Waals surface area contributed by atoms with Crippen LogP contribution >= 0.6 is 0 Å². The Bertz CT molecular complexity index is 432. The molecule has 112 valence electrons. The molecule has 0 aromatic heterocycles. The highest BCUT2D eigenvalue weighted by Gasteiger charge is 2.19. The van der Waals surface area contributed by atoms with Crippen LogP contribution in [0.5, 0.6) is 0 Å². The fourth-order valence-electron chi connectivity index (χ4n) is 1.74. The monoisotopic (exact) mass is 278 g/mol. The third-order valence-electron chi connectivity index (χ3n) is 3.34. The Balaban J connectivity index is 2.63. The maximum atomic E-state index is 12.0. The zero-order chi connectivity index (χ0) is 15.1. The van der Waals surface area contributed by atoms with Gasteiger partial charge in [-0.2, -0.15) is 0 Å². The molecule has 0 heterocycles. The van der Waals surface area contributed by atoms with E-state index in [0.29, 0.717) is 6.61 Å². The van der Waals surface area contributed by atoms with E-state index in [0.717, 1.165) is 17.7 Å². The van der Waals surface area contributed by atoms with Crippen molar-refractivity contribution in [3.63, 3.8) is 0 Å². The van der Waals surface area contributed by atoms with Crippen LogP contribution in [0.4, 0.5) is 5.69 Å². The van der Waals surface area contributed by atoms with Gasteiger partial charge in [-0.15, -0.1) is 0 Å². The highest BCUT2D eigenvalue weighted by Crippen LogP contribution is 2.14. The van der Waals surface area contributed by atoms with E-state index in [-0.39, 0.29) is 17.9 Å². The largest absolute Gasteiger partial charge is 0.374 e. The molecule has 0 radical (unpaired) electrons. The lowest BCUT2D eigenvalue weighted by atomic mass is 9.99. The van der Waals surface area contributed by atoms with Gasteiger partial charge in [0.2, 0.25) is 5.91 Å². The van der Waals surface area contributed by atoms with E-state index < -0.39 is 6.04 Å². The summed E-state index contributed by atoms with van der Waals surface area (Å²) in [5.41, 5.74) is 7.72. The average molecular weight is 278 g/mol. The Labute approximate surface area is 121 Å². The maximum absolute atomic E-state index is 12.0. The predicted molar refractivity (Wildman–Crippen MR) is 82.4 cm³/mol. The van der Waals surface area contributed by atoms with Crippen molar-refractivity contribution in [3.05, 3.63) is 29.8 Å². The molecule has 0 fully saturated rings. The first-order valence-electron chi connectivity index (χ1n) is 7.21. The molecule has 0 spiro atoms. The SMILES string of the molecule is CCC(C)C(N)C(=O)Nc1cccc(COC(C)C)c1. The Morgan fingerprint density at radius 2 is 2.05 bits per heavy atom. The second-order valence-electron chi connectivity index (χ2n) is 5.46. The number of hydrogen-bond donors (Lipinski definition) is 2. The minimum atomic E-state index is -0.476. The van der Waals surface area contributed by atoms with E-state index in [2.05, 4.69) is 5.32 Å². The van der Waals surface area contributed by atoms with Gasteiger partial charge >= 0.3 is 0 Å². The summed E-state index contributed by atoms with van der Waals surface area (Å²) in [6, 6.07) is 7.19. The van der Waals surface area contributed by atoms with Crippen LogP contribution in [0.2, 0.25) is 0 Å². The molecule has 1 amide bonds. The van der Waals surface area contributed by atoms with E-state index >= 15 is 0 Å². The summed E-state index contributed by atoms with van der Waals surface area (Å²) in [6.45, 7) is 8.55. The lowest BCUT2D eigenvalue weighted by Gasteiger charge is -2.18. The second kappa shape index (κ2) is 8.02. The standard InChI is InChI=1S/C16H26N2O2/c1-5-12(4)15(17)16(19)18-14-8-6-7-13(9-14)10-20-11(2)3/h6-9,11-12,15H,5,10,17H2,1-4H3,(H,18,19). The lowest BCUT2D eigenvalue weighted by molar-refractivity contribution is -0.118. The molecule has 2 unspecified atom stereocenters. The minimum absolute atomic E-state index is 0.138. The molecule has 0 aliphatic rings. The van der Waals surface area contributed by atoms with Crippen LogP contribution in [0.25, 0.3) is 0 Å². The van der Waals surface area contributed by atoms with E-state index in [9.17, 15) is 4.79 Å². The summed E-state index contributed by atoms with van der Waals surface area (Å²) < 4.78 is 5.55. The zero-order valence-electron chi connectivity index (χ0n) is 12.8. The van der Waals surface area contributed by atoms with Gasteiger partial charge in [-0.3, -0.25) is 4.79 Å². The summed E-state index contributed by atoms with van der Waals surface area (Å²) in [7, 11) is 0. The second-order valence-corrected chi connectivity index (χ2v) is 5.46. The van der Waals surface area contributed by atoms with Crippen molar-refractivity contribution in [2.24, 2.45) is 11.7 Å². The number of amides is 1. The van der Waals surface area contributed by atoms with Gasteiger partial charge in [0.15, 0.2) is 0 Å². The topological polar surface area (TPSA) is 64.4 Å². The van der Waals surface area contributed by atoms with Gasteiger partial charge in [-0.05, 0) is 37.5 Å². The molecule has 4 heteroatoms. The smallest absolute Gasteiger partial charge is 0.241 e. The van der Waals surface area contributed by atoms with E-state index in [4.69, 9.17) is 10.5 Å². The summed E-state index contributed by atoms with van der Waals surface area (Å²) >= 11 is 0. The first-order valence-corrected chi connectivity index (χ1v) is 7.21. The van der Waals surface area contributed by atoms with Crippen LogP contribution in [0.1, 0.15) is 39.7 Å². The Kier molecular flexibility index (Phi) is 6.68. The van der Waals surface area contributed by atoms with Crippen molar-refractivity contribution in [3.8, 4) is 0 Å². The molecule has 20 heavy (non-hydrogen) atoms. The molecule has 1 aromatic carbocycles. The first-order chi connectivity index (χ1) is 9.43. The molecule has 0 bridgehead atoms. The van der Waals surface area contributed by atoms with Crippen molar-refractivity contribution in [1.82, 2.24) is 0 Å². The molecule has 1 rings (SSSR count). The quantitative estimate of drug-likeness (QED) is 0.806. The number of hydrogen-bond acceptors (Lipinski definition) is 3. The van der Waals surface area contributed by atoms with E-state index in [1.54, 1.807) is 0 Å². The third-order valence-corrected chi connectivity index (χ3v) is 3.34. The highest BCUT2D eigenvalue weighted by molar-refractivity contribution is 5.94. The lowest BCUT2D eigenvalue weighted by Crippen LogP contribution is -2.40. The number of nitrogens with two attached hydrogens (primary N) is 1. The highest BCUT2D eigenvalue weighted by atomic mass is 16.5. The Hall–Kier alpha value is -1.39. The number of rotatable bonds is 7. The van der Waals surface area contributed by atoms with Crippen molar-refractivity contribution < 1.29 is 9.53 Å². The first kappa shape index (κ1) is 16.7. The average Bonchev–Trinajstić information content (AvgIpc) is 2.43. The van der Waals surface area contributed by atoms with Crippen molar-refractivity contribution >= 4 is 11.6 Å². The Morgan fingerprint density at radius 3 is 2.65 bits per heavy atom. The molecular formula is C16H26N2O2. The van der Waals surface area contributed by atoms with Crippen LogP contribution in [0, 0.1) is 5.92 Å². The number of carbonyl (C=O) groups is 1. The molecule has 0 aliphatic carbocycles. The minimum Gasteiger partial charge on any atom is -0.374 e. The van der Waals surface area contributed by atoms with Crippen molar-refractivity contribution in [2.45, 2.75) is 52.9 Å². The Morgan fingerprint density at radius 1 is 1.35 bits per heavy atom. The van der Waals surface area contributed by atoms with Crippen LogP contribution in [0.15, 0.2) is 24.3 Å². The van der Waals surface area contributed by atoms with Crippen molar-refractivity contribution in [2.75, 3.05) is 5.32 Å². The van der Waals surface area contributed by atoms with Gasteiger partial charge in [0, 0.05) is 5.69 Å². The summed E-state index contributed by atoms with van der Waals surface area (Å²) in [5.74, 6) is 0.0312. The van der Waals surface area contributed by atoms with Gasteiger partial charge in [-0.25, -0.2) is 0 Å².